The lowest BCUT2D eigenvalue weighted by molar-refractivity contribution is -0.140. The number of nitrogens with one attached hydrogen (secondary N) is 1. The van der Waals surface area contributed by atoms with Crippen molar-refractivity contribution in [2.75, 3.05) is 0 Å². The van der Waals surface area contributed by atoms with Crippen LogP contribution in [0.3, 0.4) is 0 Å². The summed E-state index contributed by atoms with van der Waals surface area (Å²) in [5, 5.41) is 12.2. The maximum absolute atomic E-state index is 12.1. The number of aliphatic carboxylic acids is 1. The summed E-state index contributed by atoms with van der Waals surface area (Å²) in [6.45, 7) is 0. The highest BCUT2D eigenvalue weighted by Gasteiger charge is 2.38. The van der Waals surface area contributed by atoms with Gasteiger partial charge in [-0.3, -0.25) is 9.59 Å². The Morgan fingerprint density at radius 1 is 1.00 bits per heavy atom. The molecule has 19 heavy (non-hydrogen) atoms. The molecule has 2 saturated carbocycles. The zero-order valence-electron chi connectivity index (χ0n) is 11.6. The van der Waals surface area contributed by atoms with Crippen LogP contribution in [0.1, 0.15) is 70.6 Å². The standard InChI is InChI=1S/C15H25NO3/c17-13(16-12-6-2-1-3-7-12)10-15(11-14(18)19)8-4-5-9-15/h12H,1-11H2,(H,16,17)(H,18,19). The van der Waals surface area contributed by atoms with Crippen LogP contribution in [0, 0.1) is 5.41 Å². The van der Waals surface area contributed by atoms with Crippen LogP contribution in [0.15, 0.2) is 0 Å². The number of rotatable bonds is 5. The van der Waals surface area contributed by atoms with Gasteiger partial charge in [0, 0.05) is 12.5 Å². The summed E-state index contributed by atoms with van der Waals surface area (Å²) in [7, 11) is 0. The lowest BCUT2D eigenvalue weighted by Crippen LogP contribution is -2.39. The van der Waals surface area contributed by atoms with Crippen molar-refractivity contribution in [1.29, 1.82) is 0 Å². The zero-order chi connectivity index (χ0) is 13.7. The van der Waals surface area contributed by atoms with E-state index in [1.54, 1.807) is 0 Å². The third-order valence-electron chi connectivity index (χ3n) is 4.70. The fourth-order valence-electron chi connectivity index (χ4n) is 3.73. The fraction of sp³-hybridized carbons (Fsp3) is 0.867. The van der Waals surface area contributed by atoms with Crippen molar-refractivity contribution in [3.63, 3.8) is 0 Å². The van der Waals surface area contributed by atoms with Gasteiger partial charge in [0.15, 0.2) is 0 Å². The van der Waals surface area contributed by atoms with E-state index in [9.17, 15) is 9.59 Å². The van der Waals surface area contributed by atoms with E-state index >= 15 is 0 Å². The molecule has 0 aromatic rings. The van der Waals surface area contributed by atoms with E-state index in [-0.39, 0.29) is 17.7 Å². The number of hydrogen-bond donors (Lipinski definition) is 2. The summed E-state index contributed by atoms with van der Waals surface area (Å²) in [5.74, 6) is -0.706. The molecule has 108 valence electrons. The number of carboxylic acids is 1. The molecule has 4 heteroatoms. The Kier molecular flexibility index (Phi) is 4.83. The quantitative estimate of drug-likeness (QED) is 0.805. The minimum absolute atomic E-state index is 0.0649. The molecular formula is C15H25NO3. The monoisotopic (exact) mass is 267 g/mol. The van der Waals surface area contributed by atoms with Crippen molar-refractivity contribution in [2.24, 2.45) is 5.41 Å². The molecule has 0 heterocycles. The van der Waals surface area contributed by atoms with Gasteiger partial charge in [-0.05, 0) is 31.1 Å². The Morgan fingerprint density at radius 3 is 2.21 bits per heavy atom. The average molecular weight is 267 g/mol. The van der Waals surface area contributed by atoms with Crippen molar-refractivity contribution >= 4 is 11.9 Å². The first-order valence-corrected chi connectivity index (χ1v) is 7.61. The maximum atomic E-state index is 12.1. The summed E-state index contributed by atoms with van der Waals surface area (Å²) < 4.78 is 0. The molecular weight excluding hydrogens is 242 g/mol. The van der Waals surface area contributed by atoms with Crippen LogP contribution in [0.4, 0.5) is 0 Å². The smallest absolute Gasteiger partial charge is 0.303 e. The molecule has 0 aromatic carbocycles. The summed E-state index contributed by atoms with van der Waals surface area (Å²) in [4.78, 5) is 23.2. The number of carboxylic acid groups (broad SMARTS) is 1. The van der Waals surface area contributed by atoms with Crippen molar-refractivity contribution in [3.05, 3.63) is 0 Å². The van der Waals surface area contributed by atoms with Gasteiger partial charge in [-0.25, -0.2) is 0 Å². The van der Waals surface area contributed by atoms with Gasteiger partial charge in [-0.1, -0.05) is 32.1 Å². The largest absolute Gasteiger partial charge is 0.481 e. The molecule has 2 rings (SSSR count). The fourth-order valence-corrected chi connectivity index (χ4v) is 3.73. The summed E-state index contributed by atoms with van der Waals surface area (Å²) in [5.41, 5.74) is -0.273. The Morgan fingerprint density at radius 2 is 1.63 bits per heavy atom. The molecule has 0 aliphatic heterocycles. The van der Waals surface area contributed by atoms with Gasteiger partial charge in [0.1, 0.15) is 0 Å². The molecule has 0 spiro atoms. The topological polar surface area (TPSA) is 66.4 Å². The lowest BCUT2D eigenvalue weighted by atomic mass is 9.79. The highest BCUT2D eigenvalue weighted by Crippen LogP contribution is 2.44. The van der Waals surface area contributed by atoms with E-state index in [0.717, 1.165) is 38.5 Å². The Hall–Kier alpha value is -1.06. The summed E-state index contributed by atoms with van der Waals surface area (Å²) in [6.07, 6.45) is 10.3. The van der Waals surface area contributed by atoms with Crippen LogP contribution in [0.25, 0.3) is 0 Å². The van der Waals surface area contributed by atoms with E-state index in [4.69, 9.17) is 5.11 Å². The molecule has 0 saturated heterocycles. The molecule has 0 aromatic heterocycles. The second-order valence-corrected chi connectivity index (χ2v) is 6.36. The number of amides is 1. The van der Waals surface area contributed by atoms with Crippen molar-refractivity contribution in [3.8, 4) is 0 Å². The minimum atomic E-state index is -0.771. The molecule has 0 radical (unpaired) electrons. The highest BCUT2D eigenvalue weighted by molar-refractivity contribution is 5.78. The third kappa shape index (κ3) is 4.22. The van der Waals surface area contributed by atoms with Crippen LogP contribution < -0.4 is 5.32 Å². The minimum Gasteiger partial charge on any atom is -0.481 e. The normalized spacial score (nSPS) is 23.2. The van der Waals surface area contributed by atoms with Gasteiger partial charge in [-0.2, -0.15) is 0 Å². The van der Waals surface area contributed by atoms with Crippen molar-refractivity contribution < 1.29 is 14.7 Å². The lowest BCUT2D eigenvalue weighted by Gasteiger charge is -2.29. The van der Waals surface area contributed by atoms with Gasteiger partial charge in [-0.15, -0.1) is 0 Å². The predicted molar refractivity (Wildman–Crippen MR) is 72.8 cm³/mol. The third-order valence-corrected chi connectivity index (χ3v) is 4.70. The van der Waals surface area contributed by atoms with Crippen LogP contribution in [0.2, 0.25) is 0 Å². The Balaban J connectivity index is 1.86. The number of hydrogen-bond acceptors (Lipinski definition) is 2. The Bertz CT molecular complexity index is 328. The van der Waals surface area contributed by atoms with Crippen LogP contribution >= 0.6 is 0 Å². The molecule has 0 atom stereocenters. The van der Waals surface area contributed by atoms with E-state index in [1.807, 2.05) is 0 Å². The summed E-state index contributed by atoms with van der Waals surface area (Å²) in [6, 6.07) is 0.324. The van der Waals surface area contributed by atoms with Crippen molar-refractivity contribution in [2.45, 2.75) is 76.7 Å². The first kappa shape index (κ1) is 14.4. The van der Waals surface area contributed by atoms with E-state index in [0.29, 0.717) is 12.5 Å². The predicted octanol–water partition coefficient (Wildman–Crippen LogP) is 2.86. The molecule has 4 nitrogen and oxygen atoms in total. The molecule has 0 unspecified atom stereocenters. The second-order valence-electron chi connectivity index (χ2n) is 6.36. The molecule has 2 aliphatic rings. The highest BCUT2D eigenvalue weighted by atomic mass is 16.4. The first-order valence-electron chi connectivity index (χ1n) is 7.61. The van der Waals surface area contributed by atoms with E-state index in [1.165, 1.54) is 19.3 Å². The van der Waals surface area contributed by atoms with Crippen LogP contribution in [-0.4, -0.2) is 23.0 Å². The molecule has 0 bridgehead atoms. The number of carbonyl (C=O) groups is 2. The van der Waals surface area contributed by atoms with E-state index < -0.39 is 5.97 Å². The van der Waals surface area contributed by atoms with Crippen molar-refractivity contribution in [1.82, 2.24) is 5.32 Å². The first-order chi connectivity index (χ1) is 9.10. The van der Waals surface area contributed by atoms with Gasteiger partial charge in [0.25, 0.3) is 0 Å². The number of carbonyl (C=O) groups excluding carboxylic acids is 1. The molecule has 1 amide bonds. The van der Waals surface area contributed by atoms with E-state index in [2.05, 4.69) is 5.32 Å². The van der Waals surface area contributed by atoms with Gasteiger partial charge < -0.3 is 10.4 Å². The molecule has 2 fully saturated rings. The van der Waals surface area contributed by atoms with Crippen LogP contribution in [-0.2, 0) is 9.59 Å². The zero-order valence-corrected chi connectivity index (χ0v) is 11.6. The maximum Gasteiger partial charge on any atom is 0.303 e. The Labute approximate surface area is 115 Å². The van der Waals surface area contributed by atoms with Gasteiger partial charge in [0.05, 0.1) is 6.42 Å². The summed E-state index contributed by atoms with van der Waals surface area (Å²) >= 11 is 0. The SMILES string of the molecule is O=C(O)CC1(CC(=O)NC2CCCCC2)CCCC1. The second kappa shape index (κ2) is 6.40. The van der Waals surface area contributed by atoms with Gasteiger partial charge in [0.2, 0.25) is 5.91 Å². The molecule has 2 N–H and O–H groups in total. The van der Waals surface area contributed by atoms with Gasteiger partial charge >= 0.3 is 5.97 Å². The molecule has 2 aliphatic carbocycles. The van der Waals surface area contributed by atoms with Crippen LogP contribution in [0.5, 0.6) is 0 Å². The average Bonchev–Trinajstić information content (AvgIpc) is 2.77.